The van der Waals surface area contributed by atoms with Gasteiger partial charge in [0.15, 0.2) is 0 Å². The lowest BCUT2D eigenvalue weighted by Crippen LogP contribution is -2.37. The molecular weight excluding hydrogens is 228 g/mol. The molecule has 0 unspecified atom stereocenters. The smallest absolute Gasteiger partial charge is 0.337 e. The van der Waals surface area contributed by atoms with Gasteiger partial charge in [-0.2, -0.15) is 0 Å². The lowest BCUT2D eigenvalue weighted by Gasteiger charge is -2.21. The Morgan fingerprint density at radius 3 is 2.47 bits per heavy atom. The molecule has 3 aliphatic heterocycles. The number of hydrogen-bond acceptors (Lipinski definition) is 6. The Morgan fingerprint density at radius 2 is 1.88 bits per heavy atom. The molecule has 3 heterocycles. The summed E-state index contributed by atoms with van der Waals surface area (Å²) in [5, 5.41) is 0. The number of fused-ring (bicyclic) bond motifs is 5. The fourth-order valence-corrected chi connectivity index (χ4v) is 2.77. The molecule has 0 aliphatic carbocycles. The van der Waals surface area contributed by atoms with Gasteiger partial charge >= 0.3 is 11.9 Å². The van der Waals surface area contributed by atoms with E-state index in [1.807, 2.05) is 0 Å². The summed E-state index contributed by atoms with van der Waals surface area (Å²) in [4.78, 5) is 23.5. The van der Waals surface area contributed by atoms with Gasteiger partial charge in [-0.15, -0.1) is 0 Å². The minimum Gasteiger partial charge on any atom is -0.466 e. The maximum absolute atomic E-state index is 11.8. The Hall–Kier alpha value is -1.40. The van der Waals surface area contributed by atoms with Crippen LogP contribution in [0.1, 0.15) is 6.92 Å². The molecule has 0 spiro atoms. The number of rotatable bonds is 2. The zero-order valence-electron chi connectivity index (χ0n) is 9.68. The summed E-state index contributed by atoms with van der Waals surface area (Å²) in [6, 6.07) is 0. The standard InChI is InChI=1S/C11H12O6/c1-11-5(10(13)15-3)4(9(12)14-2)6(17-11)7-8(11)16-7/h6-8H,1-3H3/t6-,7-,8+,11-/m0/s1. The van der Waals surface area contributed by atoms with Crippen molar-refractivity contribution in [3.05, 3.63) is 11.1 Å². The number of carbonyl (C=O) groups is 2. The van der Waals surface area contributed by atoms with Crippen LogP contribution in [0.5, 0.6) is 0 Å². The van der Waals surface area contributed by atoms with Crippen LogP contribution >= 0.6 is 0 Å². The van der Waals surface area contributed by atoms with Gasteiger partial charge in [0.2, 0.25) is 0 Å². The highest BCUT2D eigenvalue weighted by Gasteiger charge is 2.73. The zero-order valence-corrected chi connectivity index (χ0v) is 9.68. The van der Waals surface area contributed by atoms with Gasteiger partial charge in [-0.1, -0.05) is 0 Å². The van der Waals surface area contributed by atoms with Crippen molar-refractivity contribution in [2.24, 2.45) is 0 Å². The van der Waals surface area contributed by atoms with Gasteiger partial charge in [-0.3, -0.25) is 0 Å². The second-order valence-electron chi connectivity index (χ2n) is 4.44. The number of esters is 2. The monoisotopic (exact) mass is 240 g/mol. The van der Waals surface area contributed by atoms with Crippen molar-refractivity contribution in [2.45, 2.75) is 30.8 Å². The molecule has 3 rings (SSSR count). The van der Waals surface area contributed by atoms with E-state index in [2.05, 4.69) is 4.74 Å². The second kappa shape index (κ2) is 3.08. The predicted octanol–water partition coefficient (Wildman–Crippen LogP) is -0.433. The topological polar surface area (TPSA) is 74.4 Å². The van der Waals surface area contributed by atoms with Crippen LogP contribution < -0.4 is 0 Å². The molecule has 2 saturated heterocycles. The second-order valence-corrected chi connectivity index (χ2v) is 4.44. The highest BCUT2D eigenvalue weighted by atomic mass is 16.7. The van der Waals surface area contributed by atoms with Gasteiger partial charge in [-0.25, -0.2) is 9.59 Å². The molecule has 2 fully saturated rings. The zero-order chi connectivity index (χ0) is 12.4. The van der Waals surface area contributed by atoms with Crippen molar-refractivity contribution in [3.63, 3.8) is 0 Å². The number of carbonyl (C=O) groups excluding carboxylic acids is 2. The van der Waals surface area contributed by atoms with Gasteiger partial charge < -0.3 is 18.9 Å². The maximum atomic E-state index is 11.8. The molecule has 0 N–H and O–H groups in total. The number of methoxy groups -OCH3 is 2. The van der Waals surface area contributed by atoms with E-state index in [4.69, 9.17) is 14.2 Å². The van der Waals surface area contributed by atoms with Gasteiger partial charge in [0.05, 0.1) is 25.4 Å². The van der Waals surface area contributed by atoms with Gasteiger partial charge in [0.25, 0.3) is 0 Å². The quantitative estimate of drug-likeness (QED) is 0.481. The van der Waals surface area contributed by atoms with Crippen LogP contribution in [0.3, 0.4) is 0 Å². The van der Waals surface area contributed by atoms with Crippen molar-refractivity contribution in [3.8, 4) is 0 Å². The minimum atomic E-state index is -0.883. The normalized spacial score (nSPS) is 41.2. The van der Waals surface area contributed by atoms with E-state index in [1.54, 1.807) is 6.92 Å². The summed E-state index contributed by atoms with van der Waals surface area (Å²) in [6.45, 7) is 1.74. The maximum Gasteiger partial charge on any atom is 0.337 e. The fraction of sp³-hybridized carbons (Fsp3) is 0.636. The van der Waals surface area contributed by atoms with Crippen LogP contribution in [0.4, 0.5) is 0 Å². The highest BCUT2D eigenvalue weighted by molar-refractivity contribution is 6.04. The van der Waals surface area contributed by atoms with E-state index in [9.17, 15) is 9.59 Å². The lowest BCUT2D eigenvalue weighted by molar-refractivity contribution is -0.140. The Morgan fingerprint density at radius 1 is 1.24 bits per heavy atom. The number of hydrogen-bond donors (Lipinski definition) is 0. The van der Waals surface area contributed by atoms with E-state index in [-0.39, 0.29) is 23.4 Å². The number of ether oxygens (including phenoxy) is 4. The predicted molar refractivity (Wildman–Crippen MR) is 53.0 cm³/mol. The molecule has 0 saturated carbocycles. The van der Waals surface area contributed by atoms with Crippen LogP contribution in [-0.2, 0) is 28.5 Å². The van der Waals surface area contributed by atoms with E-state index in [1.165, 1.54) is 14.2 Å². The molecule has 0 aromatic rings. The minimum absolute atomic E-state index is 0.137. The first-order valence-electron chi connectivity index (χ1n) is 5.29. The Labute approximate surface area is 97.5 Å². The Kier molecular flexibility index (Phi) is 1.95. The van der Waals surface area contributed by atoms with E-state index in [0.717, 1.165) is 0 Å². The molecule has 6 nitrogen and oxygen atoms in total. The average molecular weight is 240 g/mol. The van der Waals surface area contributed by atoms with Gasteiger partial charge in [0.1, 0.15) is 23.9 Å². The first kappa shape index (κ1) is 10.7. The molecular formula is C11H12O6. The molecule has 92 valence electrons. The molecule has 0 aromatic carbocycles. The highest BCUT2D eigenvalue weighted by Crippen LogP contribution is 2.57. The van der Waals surface area contributed by atoms with Gasteiger partial charge in [-0.05, 0) is 6.92 Å². The third-order valence-electron chi connectivity index (χ3n) is 3.58. The summed E-state index contributed by atoms with van der Waals surface area (Å²) < 4.78 is 20.5. The first-order valence-corrected chi connectivity index (χ1v) is 5.29. The van der Waals surface area contributed by atoms with E-state index >= 15 is 0 Å². The van der Waals surface area contributed by atoms with Crippen LogP contribution in [0, 0.1) is 0 Å². The fourth-order valence-electron chi connectivity index (χ4n) is 2.77. The lowest BCUT2D eigenvalue weighted by atomic mass is 9.83. The molecule has 3 aliphatic rings. The van der Waals surface area contributed by atoms with Crippen LogP contribution in [0.25, 0.3) is 0 Å². The van der Waals surface area contributed by atoms with E-state index in [0.29, 0.717) is 0 Å². The molecule has 2 bridgehead atoms. The van der Waals surface area contributed by atoms with Crippen LogP contribution in [-0.4, -0.2) is 50.1 Å². The molecule has 0 radical (unpaired) electrons. The third-order valence-corrected chi connectivity index (χ3v) is 3.58. The third kappa shape index (κ3) is 1.11. The average Bonchev–Trinajstić information content (AvgIpc) is 3.02. The summed E-state index contributed by atoms with van der Waals surface area (Å²) >= 11 is 0. The molecule has 0 amide bonds. The van der Waals surface area contributed by atoms with Crippen molar-refractivity contribution in [1.82, 2.24) is 0 Å². The molecule has 6 heteroatoms. The van der Waals surface area contributed by atoms with Crippen molar-refractivity contribution >= 4 is 11.9 Å². The SMILES string of the molecule is COC(=O)C1=C(C(=O)OC)[C@]2(C)O[C@@H]1[C@@H]1O[C@H]12. The van der Waals surface area contributed by atoms with Crippen LogP contribution in [0.2, 0.25) is 0 Å². The molecule has 4 atom stereocenters. The summed E-state index contributed by atoms with van der Waals surface area (Å²) in [5.74, 6) is -1.13. The summed E-state index contributed by atoms with van der Waals surface area (Å²) in [6.07, 6.45) is -0.802. The summed E-state index contributed by atoms with van der Waals surface area (Å²) in [7, 11) is 2.54. The largest absolute Gasteiger partial charge is 0.466 e. The van der Waals surface area contributed by atoms with Crippen molar-refractivity contribution in [1.29, 1.82) is 0 Å². The first-order chi connectivity index (χ1) is 8.04. The Balaban J connectivity index is 2.11. The Bertz CT molecular complexity index is 453. The summed E-state index contributed by atoms with van der Waals surface area (Å²) in [5.41, 5.74) is -0.414. The van der Waals surface area contributed by atoms with Gasteiger partial charge in [0, 0.05) is 0 Å². The van der Waals surface area contributed by atoms with E-state index < -0.39 is 23.6 Å². The van der Waals surface area contributed by atoms with Crippen molar-refractivity contribution < 1.29 is 28.5 Å². The number of epoxide rings is 1. The molecule has 17 heavy (non-hydrogen) atoms. The van der Waals surface area contributed by atoms with Crippen molar-refractivity contribution in [2.75, 3.05) is 14.2 Å². The van der Waals surface area contributed by atoms with Crippen LogP contribution in [0.15, 0.2) is 11.1 Å². The molecule has 0 aromatic heterocycles.